The molecular formula is C19H23N3O2. The third-order valence-electron chi connectivity index (χ3n) is 4.28. The monoisotopic (exact) mass is 325 g/mol. The second-order valence-corrected chi connectivity index (χ2v) is 6.45. The van der Waals surface area contributed by atoms with Crippen LogP contribution in [0.25, 0.3) is 5.57 Å². The number of aliphatic imine (C=N–C) groups is 1. The number of aromatic hydroxyl groups is 1. The fraction of sp³-hybridized carbons (Fsp3) is 0.368. The van der Waals surface area contributed by atoms with Crippen LogP contribution in [0.2, 0.25) is 0 Å². The van der Waals surface area contributed by atoms with Crippen LogP contribution in [0.1, 0.15) is 37.7 Å². The van der Waals surface area contributed by atoms with Crippen LogP contribution < -0.4 is 0 Å². The molecule has 24 heavy (non-hydrogen) atoms. The molecular weight excluding hydrogens is 302 g/mol. The van der Waals surface area contributed by atoms with Gasteiger partial charge in [0.25, 0.3) is 0 Å². The van der Waals surface area contributed by atoms with Crippen LogP contribution in [-0.4, -0.2) is 38.1 Å². The summed E-state index contributed by atoms with van der Waals surface area (Å²) in [4.78, 5) is 9.12. The van der Waals surface area contributed by atoms with E-state index >= 15 is 0 Å². The first-order valence-electron chi connectivity index (χ1n) is 8.17. The molecule has 1 aliphatic rings. The molecule has 0 radical (unpaired) electrons. The number of phenolic OH excluding ortho intramolecular Hbond substituents is 1. The van der Waals surface area contributed by atoms with Gasteiger partial charge >= 0.3 is 0 Å². The average molecular weight is 325 g/mol. The number of aliphatic hydroxyl groups is 1. The van der Waals surface area contributed by atoms with E-state index in [1.807, 2.05) is 30.0 Å². The van der Waals surface area contributed by atoms with E-state index in [1.54, 1.807) is 19.1 Å². The van der Waals surface area contributed by atoms with Crippen LogP contribution in [0.5, 0.6) is 5.75 Å². The lowest BCUT2D eigenvalue weighted by molar-refractivity contribution is 0.193. The highest BCUT2D eigenvalue weighted by Crippen LogP contribution is 2.28. The maximum absolute atomic E-state index is 9.93. The molecule has 0 amide bonds. The number of hydrogen-bond acceptors (Lipinski definition) is 4. The van der Waals surface area contributed by atoms with E-state index in [1.165, 1.54) is 5.57 Å². The third-order valence-corrected chi connectivity index (χ3v) is 4.28. The van der Waals surface area contributed by atoms with E-state index in [9.17, 15) is 10.2 Å². The van der Waals surface area contributed by atoms with Crippen molar-refractivity contribution in [2.75, 3.05) is 6.54 Å². The number of phenols is 1. The number of allylic oxidation sites excluding steroid dienone is 1. The standard InChI is InChI=1S/C19H23N3O2/c1-12-9-20-14(3)18(12)19-17(7-13(2)23)22(11-21-19)10-15-5-4-6-16(24)8-15/h4-6,8,11,13,23-24H,7,9-10H2,1-3H3. The molecule has 126 valence electrons. The highest BCUT2D eigenvalue weighted by molar-refractivity contribution is 6.24. The fourth-order valence-electron chi connectivity index (χ4n) is 3.18. The third kappa shape index (κ3) is 3.26. The summed E-state index contributed by atoms with van der Waals surface area (Å²) < 4.78 is 2.04. The Hall–Kier alpha value is -2.40. The summed E-state index contributed by atoms with van der Waals surface area (Å²) in [6.07, 6.45) is 1.88. The van der Waals surface area contributed by atoms with Gasteiger partial charge in [0.15, 0.2) is 0 Å². The molecule has 2 aromatic rings. The van der Waals surface area contributed by atoms with E-state index < -0.39 is 6.10 Å². The Kier molecular flexibility index (Phi) is 4.53. The zero-order valence-corrected chi connectivity index (χ0v) is 14.3. The van der Waals surface area contributed by atoms with Crippen molar-refractivity contribution in [1.29, 1.82) is 0 Å². The first-order valence-corrected chi connectivity index (χ1v) is 8.17. The molecule has 0 saturated heterocycles. The molecule has 1 atom stereocenters. The zero-order chi connectivity index (χ0) is 17.3. The second kappa shape index (κ2) is 6.61. The number of benzene rings is 1. The Morgan fingerprint density at radius 1 is 1.29 bits per heavy atom. The molecule has 0 aliphatic carbocycles. The minimum Gasteiger partial charge on any atom is -0.508 e. The molecule has 1 aromatic carbocycles. The van der Waals surface area contributed by atoms with Crippen LogP contribution in [0.3, 0.4) is 0 Å². The van der Waals surface area contributed by atoms with Gasteiger partial charge in [-0.25, -0.2) is 4.98 Å². The van der Waals surface area contributed by atoms with E-state index in [2.05, 4.69) is 16.9 Å². The number of aromatic nitrogens is 2. The Labute approximate surface area is 142 Å². The summed E-state index contributed by atoms with van der Waals surface area (Å²) in [7, 11) is 0. The molecule has 5 nitrogen and oxygen atoms in total. The molecule has 0 saturated carbocycles. The predicted molar refractivity (Wildman–Crippen MR) is 95.4 cm³/mol. The number of imidazole rings is 1. The molecule has 0 spiro atoms. The first-order chi connectivity index (χ1) is 11.5. The topological polar surface area (TPSA) is 70.6 Å². The Morgan fingerprint density at radius 3 is 2.71 bits per heavy atom. The van der Waals surface area contributed by atoms with Gasteiger partial charge in [0.1, 0.15) is 5.75 Å². The predicted octanol–water partition coefficient (Wildman–Crippen LogP) is 2.81. The van der Waals surface area contributed by atoms with Crippen LogP contribution in [0.15, 0.2) is 41.2 Å². The smallest absolute Gasteiger partial charge is 0.115 e. The maximum Gasteiger partial charge on any atom is 0.115 e. The number of aliphatic hydroxyl groups excluding tert-OH is 1. The lowest BCUT2D eigenvalue weighted by Crippen LogP contribution is -2.13. The number of rotatable bonds is 5. The van der Waals surface area contributed by atoms with Crippen molar-refractivity contribution in [3.05, 3.63) is 53.1 Å². The number of nitrogens with zero attached hydrogens (tertiary/aromatic N) is 3. The van der Waals surface area contributed by atoms with Gasteiger partial charge in [-0.05, 0) is 44.0 Å². The second-order valence-electron chi connectivity index (χ2n) is 6.45. The van der Waals surface area contributed by atoms with Crippen molar-refractivity contribution in [3.63, 3.8) is 0 Å². The summed E-state index contributed by atoms with van der Waals surface area (Å²) in [6, 6.07) is 7.21. The summed E-state index contributed by atoms with van der Waals surface area (Å²) in [5, 5.41) is 19.6. The van der Waals surface area contributed by atoms with Gasteiger partial charge in [-0.15, -0.1) is 0 Å². The van der Waals surface area contributed by atoms with Crippen molar-refractivity contribution >= 4 is 11.3 Å². The summed E-state index contributed by atoms with van der Waals surface area (Å²) in [5.74, 6) is 0.252. The van der Waals surface area contributed by atoms with Gasteiger partial charge in [0.05, 0.1) is 24.7 Å². The minimum absolute atomic E-state index is 0.252. The number of hydrogen-bond donors (Lipinski definition) is 2. The SMILES string of the molecule is CC1=NCC(C)=C1c1ncn(Cc2cccc(O)c2)c1CC(C)O. The zero-order valence-electron chi connectivity index (χ0n) is 14.3. The van der Waals surface area contributed by atoms with Crippen LogP contribution in [-0.2, 0) is 13.0 Å². The van der Waals surface area contributed by atoms with E-state index in [-0.39, 0.29) is 5.75 Å². The van der Waals surface area contributed by atoms with E-state index in [4.69, 9.17) is 0 Å². The summed E-state index contributed by atoms with van der Waals surface area (Å²) in [5.41, 5.74) is 6.21. The summed E-state index contributed by atoms with van der Waals surface area (Å²) >= 11 is 0. The van der Waals surface area contributed by atoms with Gasteiger partial charge in [0, 0.05) is 29.9 Å². The molecule has 0 bridgehead atoms. The molecule has 3 rings (SSSR count). The molecule has 5 heteroatoms. The van der Waals surface area contributed by atoms with Crippen LogP contribution in [0, 0.1) is 0 Å². The van der Waals surface area contributed by atoms with E-state index in [0.29, 0.717) is 19.5 Å². The van der Waals surface area contributed by atoms with Crippen molar-refractivity contribution in [2.45, 2.75) is 39.8 Å². The Morgan fingerprint density at radius 2 is 2.08 bits per heavy atom. The van der Waals surface area contributed by atoms with Crippen molar-refractivity contribution in [2.24, 2.45) is 4.99 Å². The highest BCUT2D eigenvalue weighted by atomic mass is 16.3. The van der Waals surface area contributed by atoms with Gasteiger partial charge in [-0.1, -0.05) is 12.1 Å². The molecule has 2 N–H and O–H groups in total. The van der Waals surface area contributed by atoms with Gasteiger partial charge < -0.3 is 14.8 Å². The fourth-order valence-corrected chi connectivity index (χ4v) is 3.18. The lowest BCUT2D eigenvalue weighted by Gasteiger charge is -2.13. The van der Waals surface area contributed by atoms with Crippen molar-refractivity contribution < 1.29 is 10.2 Å². The highest BCUT2D eigenvalue weighted by Gasteiger charge is 2.22. The first kappa shape index (κ1) is 16.5. The molecule has 1 aromatic heterocycles. The lowest BCUT2D eigenvalue weighted by atomic mass is 10.0. The van der Waals surface area contributed by atoms with E-state index in [0.717, 1.165) is 28.2 Å². The van der Waals surface area contributed by atoms with Crippen molar-refractivity contribution in [1.82, 2.24) is 9.55 Å². The normalized spacial score (nSPS) is 15.8. The van der Waals surface area contributed by atoms with Crippen LogP contribution in [0.4, 0.5) is 0 Å². The Balaban J connectivity index is 2.01. The summed E-state index contributed by atoms with van der Waals surface area (Å²) in [6.45, 7) is 7.19. The van der Waals surface area contributed by atoms with Crippen molar-refractivity contribution in [3.8, 4) is 5.75 Å². The van der Waals surface area contributed by atoms with Gasteiger partial charge in [-0.2, -0.15) is 0 Å². The van der Waals surface area contributed by atoms with Crippen LogP contribution >= 0.6 is 0 Å². The molecule has 0 fully saturated rings. The minimum atomic E-state index is -0.456. The molecule has 1 aliphatic heterocycles. The molecule has 1 unspecified atom stereocenters. The maximum atomic E-state index is 9.93. The quantitative estimate of drug-likeness (QED) is 0.888. The Bertz CT molecular complexity index is 816. The van der Waals surface area contributed by atoms with Gasteiger partial charge in [0.2, 0.25) is 0 Å². The van der Waals surface area contributed by atoms with Gasteiger partial charge in [-0.3, -0.25) is 4.99 Å². The largest absolute Gasteiger partial charge is 0.508 e. The molecule has 2 heterocycles. The average Bonchev–Trinajstić information content (AvgIpc) is 3.03.